The normalized spacial score (nSPS) is 15.1. The molecule has 1 heterocycles. The van der Waals surface area contributed by atoms with Crippen molar-refractivity contribution in [3.63, 3.8) is 0 Å². The van der Waals surface area contributed by atoms with E-state index in [9.17, 15) is 29.6 Å². The van der Waals surface area contributed by atoms with E-state index >= 15 is 0 Å². The SMILES string of the molecule is CCOC(=O)C1=C(CSC(N)=[NH2+])NC(C)=C(C(=O)OC)C1c1cccc([N+](=O)[O-])c1.O=C([O-])[C@@H](O)c1ccccc1. The minimum Gasteiger partial charge on any atom is -0.547 e. The molecule has 1 aliphatic heterocycles. The summed E-state index contributed by atoms with van der Waals surface area (Å²) in [6.45, 7) is 3.41. The molecule has 0 bridgehead atoms. The number of nitro groups is 1. The standard InChI is InChI=1S/C19H22N4O6S.C8H8O3/c1-4-29-18(25)16-13(9-30-19(20)21)22-10(2)14(17(24)28-3)15(16)11-6-5-7-12(8-11)23(26)27;9-7(8(10)11)6-4-2-1-3-5-6/h5-8,15,22H,4,9H2,1-3H3,(H3,20,21);1-5,7,9H,(H,10,11)/t;7-/m.0/s1. The average Bonchev–Trinajstić information content (AvgIpc) is 2.95. The van der Waals surface area contributed by atoms with Crippen LogP contribution in [0.15, 0.2) is 77.1 Å². The monoisotopic (exact) mass is 586 g/mol. The maximum Gasteiger partial charge on any atom is 0.336 e. The van der Waals surface area contributed by atoms with E-state index < -0.39 is 34.9 Å². The van der Waals surface area contributed by atoms with Crippen LogP contribution in [0.1, 0.15) is 37.0 Å². The average molecular weight is 587 g/mol. The van der Waals surface area contributed by atoms with Crippen LogP contribution < -0.4 is 21.6 Å². The number of aliphatic hydroxyl groups is 1. The summed E-state index contributed by atoms with van der Waals surface area (Å²) in [5, 5.41) is 39.0. The molecule has 0 fully saturated rings. The molecular weight excluding hydrogens is 556 g/mol. The third-order valence-corrected chi connectivity index (χ3v) is 6.45. The summed E-state index contributed by atoms with van der Waals surface area (Å²) < 4.78 is 10.1. The number of nitrogens with one attached hydrogen (secondary N) is 1. The second kappa shape index (κ2) is 15.2. The van der Waals surface area contributed by atoms with Crippen molar-refractivity contribution in [2.75, 3.05) is 19.5 Å². The van der Waals surface area contributed by atoms with Crippen molar-refractivity contribution in [2.24, 2.45) is 5.73 Å². The van der Waals surface area contributed by atoms with E-state index in [1.807, 2.05) is 0 Å². The Hall–Kier alpha value is -4.69. The zero-order valence-electron chi connectivity index (χ0n) is 22.5. The second-order valence-electron chi connectivity index (χ2n) is 8.38. The van der Waals surface area contributed by atoms with Gasteiger partial charge in [0.2, 0.25) is 0 Å². The van der Waals surface area contributed by atoms with E-state index in [0.29, 0.717) is 22.5 Å². The minimum atomic E-state index is -1.52. The number of thioether (sulfide) groups is 1. The molecule has 218 valence electrons. The molecule has 0 amide bonds. The Morgan fingerprint density at radius 3 is 2.34 bits per heavy atom. The maximum atomic E-state index is 12.9. The van der Waals surface area contributed by atoms with Crippen molar-refractivity contribution < 1.29 is 44.4 Å². The third-order valence-electron chi connectivity index (χ3n) is 5.68. The van der Waals surface area contributed by atoms with Crippen LogP contribution >= 0.6 is 11.8 Å². The van der Waals surface area contributed by atoms with Gasteiger partial charge in [-0.1, -0.05) is 42.5 Å². The highest BCUT2D eigenvalue weighted by Gasteiger charge is 2.39. The molecule has 0 aliphatic carbocycles. The summed E-state index contributed by atoms with van der Waals surface area (Å²) >= 11 is 1.10. The molecule has 0 saturated carbocycles. The van der Waals surface area contributed by atoms with Crippen LogP contribution in [0.5, 0.6) is 0 Å². The number of ether oxygens (including phenoxy) is 2. The van der Waals surface area contributed by atoms with Crippen molar-refractivity contribution in [1.29, 1.82) is 0 Å². The van der Waals surface area contributed by atoms with E-state index in [-0.39, 0.29) is 34.4 Å². The number of amidine groups is 1. The van der Waals surface area contributed by atoms with Crippen LogP contribution in [0.25, 0.3) is 0 Å². The van der Waals surface area contributed by atoms with Gasteiger partial charge in [-0.3, -0.25) is 21.3 Å². The van der Waals surface area contributed by atoms with E-state index in [0.717, 1.165) is 11.8 Å². The van der Waals surface area contributed by atoms with Crippen LogP contribution in [-0.4, -0.2) is 52.6 Å². The fraction of sp³-hybridized carbons (Fsp3) is 0.259. The van der Waals surface area contributed by atoms with Gasteiger partial charge in [-0.15, -0.1) is 0 Å². The summed E-state index contributed by atoms with van der Waals surface area (Å²) in [6.07, 6.45) is -1.52. The number of carboxylic acid groups (broad SMARTS) is 1. The number of nitrogens with zero attached hydrogens (tertiary/aromatic N) is 1. The molecule has 6 N–H and O–H groups in total. The Labute approximate surface area is 239 Å². The molecular formula is C27H30N4O9S. The van der Waals surface area contributed by atoms with Crippen LogP contribution in [0.2, 0.25) is 0 Å². The molecule has 2 aromatic rings. The Morgan fingerprint density at radius 2 is 1.80 bits per heavy atom. The number of esters is 2. The number of allylic oxidation sites excluding steroid dienone is 1. The second-order valence-corrected chi connectivity index (χ2v) is 9.43. The number of rotatable bonds is 9. The first-order chi connectivity index (χ1) is 19.4. The van der Waals surface area contributed by atoms with E-state index in [2.05, 4.69) is 5.32 Å². The fourth-order valence-corrected chi connectivity index (χ4v) is 4.46. The first kappa shape index (κ1) is 32.5. The highest BCUT2D eigenvalue weighted by Crippen LogP contribution is 2.40. The van der Waals surface area contributed by atoms with Gasteiger partial charge in [0.25, 0.3) is 10.9 Å². The van der Waals surface area contributed by atoms with Gasteiger partial charge < -0.3 is 29.8 Å². The van der Waals surface area contributed by atoms with Gasteiger partial charge in [-0.2, -0.15) is 0 Å². The predicted molar refractivity (Wildman–Crippen MR) is 147 cm³/mol. The number of carbonyl (C=O) groups excluding carboxylic acids is 3. The Morgan fingerprint density at radius 1 is 1.15 bits per heavy atom. The molecule has 14 heteroatoms. The largest absolute Gasteiger partial charge is 0.547 e. The number of dihydropyridines is 1. The topological polar surface area (TPSA) is 220 Å². The predicted octanol–water partition coefficient (Wildman–Crippen LogP) is -0.177. The Bertz CT molecular complexity index is 1380. The summed E-state index contributed by atoms with van der Waals surface area (Å²) in [4.78, 5) is 46.4. The lowest BCUT2D eigenvalue weighted by Gasteiger charge is -2.31. The van der Waals surface area contributed by atoms with Gasteiger partial charge in [-0.25, -0.2) is 9.59 Å². The number of nitro benzene ring substituents is 1. The summed E-state index contributed by atoms with van der Waals surface area (Å²) in [6, 6.07) is 13.8. The van der Waals surface area contributed by atoms with Crippen molar-refractivity contribution in [3.05, 3.63) is 98.4 Å². The minimum absolute atomic E-state index is 0.0970. The Balaban J connectivity index is 0.000000446. The lowest BCUT2D eigenvalue weighted by atomic mass is 9.80. The number of nitrogens with two attached hydrogens (primary N) is 2. The molecule has 1 aliphatic rings. The van der Waals surface area contributed by atoms with Crippen LogP contribution in [-0.2, 0) is 23.9 Å². The number of benzene rings is 2. The summed E-state index contributed by atoms with van der Waals surface area (Å²) in [7, 11) is 1.22. The van der Waals surface area contributed by atoms with E-state index in [1.165, 1.54) is 37.4 Å². The number of methoxy groups -OCH3 is 1. The third kappa shape index (κ3) is 8.65. The zero-order valence-corrected chi connectivity index (χ0v) is 23.3. The molecule has 0 radical (unpaired) electrons. The molecule has 13 nitrogen and oxygen atoms in total. The summed E-state index contributed by atoms with van der Waals surface area (Å²) in [5.41, 5.74) is 7.26. The van der Waals surface area contributed by atoms with Crippen LogP contribution in [0, 0.1) is 10.1 Å². The summed E-state index contributed by atoms with van der Waals surface area (Å²) in [5.74, 6) is -3.55. The lowest BCUT2D eigenvalue weighted by Crippen LogP contribution is -2.44. The molecule has 41 heavy (non-hydrogen) atoms. The highest BCUT2D eigenvalue weighted by atomic mass is 32.2. The molecule has 0 saturated heterocycles. The number of aliphatic carboxylic acids is 1. The number of carboxylic acids is 1. The number of non-ortho nitro benzene ring substituents is 1. The number of aliphatic hydroxyl groups excluding tert-OH is 1. The maximum absolute atomic E-state index is 12.9. The quantitative estimate of drug-likeness (QED) is 0.0988. The smallest absolute Gasteiger partial charge is 0.336 e. The van der Waals surface area contributed by atoms with Crippen LogP contribution in [0.4, 0.5) is 5.69 Å². The molecule has 2 aromatic carbocycles. The van der Waals surface area contributed by atoms with Crippen molar-refractivity contribution in [1.82, 2.24) is 5.32 Å². The van der Waals surface area contributed by atoms with Gasteiger partial charge in [-0.05, 0) is 36.7 Å². The number of carbonyl (C=O) groups is 3. The molecule has 0 aromatic heterocycles. The number of hydrogen-bond donors (Lipinski definition) is 4. The van der Waals surface area contributed by atoms with Crippen molar-refractivity contribution in [3.8, 4) is 0 Å². The van der Waals surface area contributed by atoms with Gasteiger partial charge in [0.1, 0.15) is 6.10 Å². The first-order valence-corrected chi connectivity index (χ1v) is 13.1. The van der Waals surface area contributed by atoms with Gasteiger partial charge in [0.15, 0.2) is 0 Å². The van der Waals surface area contributed by atoms with Gasteiger partial charge in [0.05, 0.1) is 41.7 Å². The first-order valence-electron chi connectivity index (χ1n) is 12.1. The van der Waals surface area contributed by atoms with E-state index in [1.54, 1.807) is 38.1 Å². The lowest BCUT2D eigenvalue weighted by molar-refractivity contribution is -0.384. The number of hydrogen-bond acceptors (Lipinski definition) is 11. The Kier molecular flexibility index (Phi) is 12.0. The van der Waals surface area contributed by atoms with Crippen molar-refractivity contribution in [2.45, 2.75) is 25.9 Å². The zero-order chi connectivity index (χ0) is 30.7. The van der Waals surface area contributed by atoms with Gasteiger partial charge >= 0.3 is 11.9 Å². The fourth-order valence-electron chi connectivity index (χ4n) is 3.92. The van der Waals surface area contributed by atoms with E-state index in [4.69, 9.17) is 25.7 Å². The molecule has 2 atom stereocenters. The molecule has 3 rings (SSSR count). The highest BCUT2D eigenvalue weighted by molar-refractivity contribution is 8.13. The van der Waals surface area contributed by atoms with Crippen LogP contribution in [0.3, 0.4) is 0 Å². The molecule has 1 unspecified atom stereocenters. The van der Waals surface area contributed by atoms with Gasteiger partial charge in [0, 0.05) is 29.3 Å². The van der Waals surface area contributed by atoms with Crippen molar-refractivity contribution >= 4 is 40.5 Å². The molecule has 0 spiro atoms.